The molecular weight excluding hydrogens is 250 g/mol. The fraction of sp³-hybridized carbons (Fsp3) is 0.364. The summed E-state index contributed by atoms with van der Waals surface area (Å²) in [6, 6.07) is 2.09. The summed E-state index contributed by atoms with van der Waals surface area (Å²) in [5.41, 5.74) is 0. The highest BCUT2D eigenvalue weighted by molar-refractivity contribution is 7.16. The second-order valence-electron chi connectivity index (χ2n) is 4.13. The number of carbonyl (C=O) groups is 1. The zero-order valence-corrected chi connectivity index (χ0v) is 10.7. The number of amides is 1. The largest absolute Gasteiger partial charge is 0.364 e. The number of rotatable bonds is 3. The van der Waals surface area contributed by atoms with Gasteiger partial charge >= 0.3 is 0 Å². The molecule has 3 rings (SSSR count). The van der Waals surface area contributed by atoms with Crippen LogP contribution in [-0.2, 0) is 4.79 Å². The molecule has 1 fully saturated rings. The highest BCUT2D eigenvalue weighted by atomic mass is 32.1. The third-order valence-corrected chi connectivity index (χ3v) is 3.67. The van der Waals surface area contributed by atoms with Crippen molar-refractivity contribution in [2.24, 2.45) is 0 Å². The van der Waals surface area contributed by atoms with Crippen LogP contribution in [0.2, 0.25) is 0 Å². The van der Waals surface area contributed by atoms with Crippen molar-refractivity contribution in [1.29, 1.82) is 0 Å². The molecular formula is C11H13N5OS. The summed E-state index contributed by atoms with van der Waals surface area (Å²) < 4.78 is 0. The van der Waals surface area contributed by atoms with E-state index in [0.29, 0.717) is 18.9 Å². The van der Waals surface area contributed by atoms with E-state index in [2.05, 4.69) is 25.9 Å². The Kier molecular flexibility index (Phi) is 2.75. The van der Waals surface area contributed by atoms with E-state index >= 15 is 0 Å². The molecule has 1 aliphatic heterocycles. The molecule has 18 heavy (non-hydrogen) atoms. The number of carbonyl (C=O) groups excluding carboxylic acids is 1. The van der Waals surface area contributed by atoms with Gasteiger partial charge in [0.05, 0.1) is 11.4 Å². The van der Waals surface area contributed by atoms with Crippen LogP contribution >= 0.6 is 11.3 Å². The predicted molar refractivity (Wildman–Crippen MR) is 72.0 cm³/mol. The Balaban J connectivity index is 1.94. The Bertz CT molecular complexity index is 596. The van der Waals surface area contributed by atoms with Gasteiger partial charge in [0.2, 0.25) is 11.9 Å². The van der Waals surface area contributed by atoms with Crippen molar-refractivity contribution in [3.05, 3.63) is 11.4 Å². The van der Waals surface area contributed by atoms with E-state index in [1.54, 1.807) is 18.4 Å². The zero-order chi connectivity index (χ0) is 12.5. The van der Waals surface area contributed by atoms with Crippen LogP contribution in [0.5, 0.6) is 0 Å². The number of hydrogen-bond donors (Lipinski definition) is 3. The molecule has 0 spiro atoms. The molecule has 7 heteroatoms. The maximum absolute atomic E-state index is 11.2. The highest BCUT2D eigenvalue weighted by Gasteiger charge is 2.22. The molecule has 1 saturated heterocycles. The first kappa shape index (κ1) is 11.2. The summed E-state index contributed by atoms with van der Waals surface area (Å²) in [4.78, 5) is 20.9. The summed E-state index contributed by atoms with van der Waals surface area (Å²) in [5, 5.41) is 12.0. The molecule has 0 aliphatic carbocycles. The van der Waals surface area contributed by atoms with Crippen LogP contribution in [0.1, 0.15) is 6.42 Å². The average molecular weight is 263 g/mol. The molecule has 94 valence electrons. The van der Waals surface area contributed by atoms with Crippen molar-refractivity contribution >= 4 is 39.2 Å². The summed E-state index contributed by atoms with van der Waals surface area (Å²) in [6.45, 7) is 0.642. The van der Waals surface area contributed by atoms with Gasteiger partial charge in [-0.15, -0.1) is 11.3 Å². The number of aromatic nitrogens is 2. The Morgan fingerprint density at radius 1 is 1.50 bits per heavy atom. The van der Waals surface area contributed by atoms with Gasteiger partial charge in [-0.3, -0.25) is 4.79 Å². The lowest BCUT2D eigenvalue weighted by atomic mass is 10.2. The van der Waals surface area contributed by atoms with Crippen LogP contribution in [-0.4, -0.2) is 35.5 Å². The van der Waals surface area contributed by atoms with Crippen LogP contribution in [0.15, 0.2) is 11.4 Å². The van der Waals surface area contributed by atoms with Crippen molar-refractivity contribution in [3.63, 3.8) is 0 Å². The second-order valence-corrected chi connectivity index (χ2v) is 5.03. The van der Waals surface area contributed by atoms with Crippen molar-refractivity contribution < 1.29 is 4.79 Å². The van der Waals surface area contributed by atoms with Crippen LogP contribution in [0.3, 0.4) is 0 Å². The Hall–Kier alpha value is -1.89. The van der Waals surface area contributed by atoms with E-state index in [-0.39, 0.29) is 11.9 Å². The van der Waals surface area contributed by atoms with E-state index in [0.717, 1.165) is 16.0 Å². The first-order valence-corrected chi connectivity index (χ1v) is 6.60. The first-order valence-electron chi connectivity index (χ1n) is 5.72. The van der Waals surface area contributed by atoms with Crippen molar-refractivity contribution in [3.8, 4) is 0 Å². The van der Waals surface area contributed by atoms with E-state index in [4.69, 9.17) is 0 Å². The fourth-order valence-electron chi connectivity index (χ4n) is 1.98. The summed E-state index contributed by atoms with van der Waals surface area (Å²) in [7, 11) is 1.79. The lowest BCUT2D eigenvalue weighted by Crippen LogP contribution is -2.23. The topological polar surface area (TPSA) is 78.9 Å². The maximum atomic E-state index is 11.2. The maximum Gasteiger partial charge on any atom is 0.225 e. The Morgan fingerprint density at radius 2 is 2.39 bits per heavy atom. The van der Waals surface area contributed by atoms with Gasteiger partial charge in [0.25, 0.3) is 0 Å². The molecule has 1 aliphatic rings. The quantitative estimate of drug-likeness (QED) is 0.771. The van der Waals surface area contributed by atoms with Gasteiger partial charge in [-0.25, -0.2) is 4.98 Å². The highest BCUT2D eigenvalue weighted by Crippen LogP contribution is 2.27. The van der Waals surface area contributed by atoms with Crippen molar-refractivity contribution in [2.75, 3.05) is 24.2 Å². The zero-order valence-electron chi connectivity index (χ0n) is 9.86. The van der Waals surface area contributed by atoms with Crippen LogP contribution in [0, 0.1) is 0 Å². The number of nitrogens with zero attached hydrogens (tertiary/aromatic N) is 2. The van der Waals surface area contributed by atoms with Gasteiger partial charge < -0.3 is 16.0 Å². The Labute approximate surface area is 108 Å². The summed E-state index contributed by atoms with van der Waals surface area (Å²) in [5.74, 6) is 1.45. The number of hydrogen-bond acceptors (Lipinski definition) is 6. The lowest BCUT2D eigenvalue weighted by Gasteiger charge is -2.12. The monoisotopic (exact) mass is 263 g/mol. The summed E-state index contributed by atoms with van der Waals surface area (Å²) in [6.07, 6.45) is 0.491. The van der Waals surface area contributed by atoms with Gasteiger partial charge in [-0.05, 0) is 11.4 Å². The molecule has 0 radical (unpaired) electrons. The summed E-state index contributed by atoms with van der Waals surface area (Å²) >= 11 is 1.58. The normalized spacial score (nSPS) is 18.9. The van der Waals surface area contributed by atoms with Gasteiger partial charge in [-0.1, -0.05) is 0 Å². The van der Waals surface area contributed by atoms with Gasteiger partial charge in [-0.2, -0.15) is 4.98 Å². The number of thiophene rings is 1. The molecule has 3 heterocycles. The van der Waals surface area contributed by atoms with Crippen LogP contribution < -0.4 is 16.0 Å². The van der Waals surface area contributed by atoms with Gasteiger partial charge in [0.15, 0.2) is 0 Å². The Morgan fingerprint density at radius 3 is 3.11 bits per heavy atom. The number of anilines is 2. The van der Waals surface area contributed by atoms with Crippen LogP contribution in [0.25, 0.3) is 10.2 Å². The standard InChI is InChI=1S/C11H13N5OS/c1-12-11-15-9(7-2-3-18-10(7)16-11)14-6-4-8(17)13-5-6/h2-3,6H,4-5H2,1H3,(H,13,17)(H2,12,14,15,16). The third kappa shape index (κ3) is 1.97. The molecule has 1 amide bonds. The minimum Gasteiger partial charge on any atom is -0.364 e. The van der Waals surface area contributed by atoms with Crippen molar-refractivity contribution in [2.45, 2.75) is 12.5 Å². The van der Waals surface area contributed by atoms with E-state index in [1.165, 1.54) is 0 Å². The first-order chi connectivity index (χ1) is 8.76. The smallest absolute Gasteiger partial charge is 0.225 e. The molecule has 2 aromatic heterocycles. The molecule has 0 saturated carbocycles. The number of fused-ring (bicyclic) bond motifs is 1. The molecule has 6 nitrogen and oxygen atoms in total. The second kappa shape index (κ2) is 4.41. The molecule has 0 aromatic carbocycles. The molecule has 1 unspecified atom stereocenters. The van der Waals surface area contributed by atoms with Gasteiger partial charge in [0, 0.05) is 20.0 Å². The minimum absolute atomic E-state index is 0.0805. The minimum atomic E-state index is 0.0805. The van der Waals surface area contributed by atoms with Crippen molar-refractivity contribution in [1.82, 2.24) is 15.3 Å². The molecule has 3 N–H and O–H groups in total. The SMILES string of the molecule is CNc1nc(NC2CNC(=O)C2)c2ccsc2n1. The molecule has 1 atom stereocenters. The predicted octanol–water partition coefficient (Wildman–Crippen LogP) is 1.03. The average Bonchev–Trinajstić information content (AvgIpc) is 2.98. The van der Waals surface area contributed by atoms with E-state index in [1.807, 2.05) is 11.4 Å². The van der Waals surface area contributed by atoms with Gasteiger partial charge in [0.1, 0.15) is 10.6 Å². The number of nitrogens with one attached hydrogen (secondary N) is 3. The molecule has 2 aromatic rings. The third-order valence-electron chi connectivity index (χ3n) is 2.87. The van der Waals surface area contributed by atoms with Crippen LogP contribution in [0.4, 0.5) is 11.8 Å². The van der Waals surface area contributed by atoms with E-state index < -0.39 is 0 Å². The molecule has 0 bridgehead atoms. The lowest BCUT2D eigenvalue weighted by molar-refractivity contribution is -0.119. The fourth-order valence-corrected chi connectivity index (χ4v) is 2.74. The van der Waals surface area contributed by atoms with E-state index in [9.17, 15) is 4.79 Å².